The van der Waals surface area contributed by atoms with Crippen molar-refractivity contribution in [3.63, 3.8) is 0 Å². The number of piperidine rings is 1. The molecular weight excluding hydrogens is 419 g/mol. The molecule has 2 aromatic rings. The standard InChI is InChI=1S/C20H22Cl2N2O3S/c1-14-8-9-17(11-19(14)22)28(26,27)24-10-4-6-16(13-24)20(25)23-12-15-5-2-3-7-18(15)21/h2-3,5,7-9,11,16H,4,6,10,12-13H2,1H3,(H,23,25)/t16-/m0/s1. The molecule has 3 rings (SSSR count). The average molecular weight is 441 g/mol. The molecule has 0 spiro atoms. The molecule has 1 fully saturated rings. The molecule has 0 bridgehead atoms. The van der Waals surface area contributed by atoms with Crippen molar-refractivity contribution in [2.45, 2.75) is 31.2 Å². The number of hydrogen-bond donors (Lipinski definition) is 1. The first-order chi connectivity index (χ1) is 13.3. The molecule has 2 aromatic carbocycles. The predicted octanol–water partition coefficient (Wildman–Crippen LogP) is 4.02. The summed E-state index contributed by atoms with van der Waals surface area (Å²) >= 11 is 12.2. The fourth-order valence-corrected chi connectivity index (χ4v) is 5.22. The molecule has 1 aliphatic rings. The normalized spacial score (nSPS) is 18.0. The average Bonchev–Trinajstić information content (AvgIpc) is 2.69. The van der Waals surface area contributed by atoms with E-state index in [1.165, 1.54) is 10.4 Å². The third kappa shape index (κ3) is 4.69. The smallest absolute Gasteiger partial charge is 0.243 e. The number of sulfonamides is 1. The minimum Gasteiger partial charge on any atom is -0.352 e. The first-order valence-corrected chi connectivity index (χ1v) is 11.3. The number of halogens is 2. The van der Waals surface area contributed by atoms with Gasteiger partial charge in [-0.25, -0.2) is 8.42 Å². The van der Waals surface area contributed by atoms with Gasteiger partial charge in [0.15, 0.2) is 0 Å². The number of nitrogens with one attached hydrogen (secondary N) is 1. The van der Waals surface area contributed by atoms with Crippen molar-refractivity contribution in [2.24, 2.45) is 5.92 Å². The number of hydrogen-bond acceptors (Lipinski definition) is 3. The van der Waals surface area contributed by atoms with E-state index in [2.05, 4.69) is 5.32 Å². The molecule has 0 aliphatic carbocycles. The summed E-state index contributed by atoms with van der Waals surface area (Å²) in [4.78, 5) is 12.7. The number of rotatable bonds is 5. The Labute approximate surface area is 175 Å². The van der Waals surface area contributed by atoms with E-state index >= 15 is 0 Å². The highest BCUT2D eigenvalue weighted by molar-refractivity contribution is 7.89. The van der Waals surface area contributed by atoms with Crippen molar-refractivity contribution in [1.29, 1.82) is 0 Å². The molecule has 8 heteroatoms. The van der Waals surface area contributed by atoms with Gasteiger partial charge in [0.05, 0.1) is 10.8 Å². The molecule has 150 valence electrons. The molecular formula is C20H22Cl2N2O3S. The second kappa shape index (κ2) is 8.82. The van der Waals surface area contributed by atoms with E-state index in [1.54, 1.807) is 18.2 Å². The second-order valence-corrected chi connectivity index (χ2v) is 9.67. The van der Waals surface area contributed by atoms with Crippen LogP contribution in [0.15, 0.2) is 47.4 Å². The van der Waals surface area contributed by atoms with Crippen molar-refractivity contribution in [2.75, 3.05) is 13.1 Å². The highest BCUT2D eigenvalue weighted by Gasteiger charge is 2.33. The monoisotopic (exact) mass is 440 g/mol. The lowest BCUT2D eigenvalue weighted by Gasteiger charge is -2.31. The third-order valence-electron chi connectivity index (χ3n) is 4.95. The van der Waals surface area contributed by atoms with Crippen LogP contribution in [0.25, 0.3) is 0 Å². The highest BCUT2D eigenvalue weighted by Crippen LogP contribution is 2.27. The molecule has 0 unspecified atom stereocenters. The summed E-state index contributed by atoms with van der Waals surface area (Å²) in [5, 5.41) is 3.87. The first-order valence-electron chi connectivity index (χ1n) is 9.06. The zero-order valence-corrected chi connectivity index (χ0v) is 17.8. The maximum atomic E-state index is 13.0. The van der Waals surface area contributed by atoms with Crippen LogP contribution in [0.4, 0.5) is 0 Å². The number of nitrogens with zero attached hydrogens (tertiary/aromatic N) is 1. The van der Waals surface area contributed by atoms with Gasteiger partial charge in [-0.1, -0.05) is 47.5 Å². The van der Waals surface area contributed by atoms with Gasteiger partial charge in [-0.05, 0) is 49.1 Å². The summed E-state index contributed by atoms with van der Waals surface area (Å²) in [6.07, 6.45) is 1.28. The van der Waals surface area contributed by atoms with E-state index in [1.807, 2.05) is 25.1 Å². The van der Waals surface area contributed by atoms with Gasteiger partial charge in [-0.2, -0.15) is 4.31 Å². The number of aryl methyl sites for hydroxylation is 1. The molecule has 28 heavy (non-hydrogen) atoms. The van der Waals surface area contributed by atoms with Gasteiger partial charge < -0.3 is 5.32 Å². The maximum absolute atomic E-state index is 13.0. The number of carbonyl (C=O) groups excluding carboxylic acids is 1. The fraction of sp³-hybridized carbons (Fsp3) is 0.350. The van der Waals surface area contributed by atoms with E-state index < -0.39 is 15.9 Å². The van der Waals surface area contributed by atoms with Crippen molar-refractivity contribution >= 4 is 39.1 Å². The van der Waals surface area contributed by atoms with E-state index in [9.17, 15) is 13.2 Å². The SMILES string of the molecule is Cc1ccc(S(=O)(=O)N2CCC[C@H](C(=O)NCc3ccccc3Cl)C2)cc1Cl. The van der Waals surface area contributed by atoms with E-state index in [0.717, 1.165) is 11.1 Å². The molecule has 1 N–H and O–H groups in total. The van der Waals surface area contributed by atoms with Gasteiger partial charge in [0.1, 0.15) is 0 Å². The Kier molecular flexibility index (Phi) is 6.65. The summed E-state index contributed by atoms with van der Waals surface area (Å²) in [6.45, 7) is 2.68. The summed E-state index contributed by atoms with van der Waals surface area (Å²) in [7, 11) is -3.69. The zero-order chi connectivity index (χ0) is 20.3. The number of carbonyl (C=O) groups is 1. The predicted molar refractivity (Wildman–Crippen MR) is 111 cm³/mol. The molecule has 1 saturated heterocycles. The highest BCUT2D eigenvalue weighted by atomic mass is 35.5. The van der Waals surface area contributed by atoms with Crippen molar-refractivity contribution in [3.8, 4) is 0 Å². The quantitative estimate of drug-likeness (QED) is 0.762. The minimum atomic E-state index is -3.69. The van der Waals surface area contributed by atoms with Crippen molar-refractivity contribution < 1.29 is 13.2 Å². The van der Waals surface area contributed by atoms with Crippen LogP contribution < -0.4 is 5.32 Å². The fourth-order valence-electron chi connectivity index (χ4n) is 3.23. The van der Waals surface area contributed by atoms with Gasteiger partial charge in [0.2, 0.25) is 15.9 Å². The van der Waals surface area contributed by atoms with Crippen LogP contribution in [0.1, 0.15) is 24.0 Å². The molecule has 0 radical (unpaired) electrons. The Morgan fingerprint density at radius 2 is 1.93 bits per heavy atom. The van der Waals surface area contributed by atoms with Crippen LogP contribution >= 0.6 is 23.2 Å². The minimum absolute atomic E-state index is 0.153. The van der Waals surface area contributed by atoms with Crippen molar-refractivity contribution in [1.82, 2.24) is 9.62 Å². The van der Waals surface area contributed by atoms with E-state index in [0.29, 0.717) is 36.0 Å². The lowest BCUT2D eigenvalue weighted by atomic mass is 9.99. The van der Waals surface area contributed by atoms with Crippen molar-refractivity contribution in [3.05, 3.63) is 63.6 Å². The Morgan fingerprint density at radius 3 is 2.64 bits per heavy atom. The summed E-state index contributed by atoms with van der Waals surface area (Å²) in [5.74, 6) is -0.561. The summed E-state index contributed by atoms with van der Waals surface area (Å²) < 4.78 is 27.3. The topological polar surface area (TPSA) is 66.5 Å². The molecule has 0 saturated carbocycles. The van der Waals surface area contributed by atoms with Crippen LogP contribution in [0.3, 0.4) is 0 Å². The van der Waals surface area contributed by atoms with Gasteiger partial charge >= 0.3 is 0 Å². The van der Waals surface area contributed by atoms with Gasteiger partial charge in [0.25, 0.3) is 0 Å². The van der Waals surface area contributed by atoms with Crippen LogP contribution in [0.2, 0.25) is 10.0 Å². The largest absolute Gasteiger partial charge is 0.352 e. The van der Waals surface area contributed by atoms with E-state index in [-0.39, 0.29) is 17.3 Å². The van der Waals surface area contributed by atoms with Gasteiger partial charge in [0, 0.05) is 29.7 Å². The number of amides is 1. The Balaban J connectivity index is 1.68. The van der Waals surface area contributed by atoms with Crippen LogP contribution in [0, 0.1) is 12.8 Å². The molecule has 1 heterocycles. The molecule has 5 nitrogen and oxygen atoms in total. The summed E-state index contributed by atoms with van der Waals surface area (Å²) in [5.41, 5.74) is 1.64. The summed E-state index contributed by atoms with van der Waals surface area (Å²) in [6, 6.07) is 12.0. The second-order valence-electron chi connectivity index (χ2n) is 6.92. The third-order valence-corrected chi connectivity index (χ3v) is 7.58. The van der Waals surface area contributed by atoms with Gasteiger partial charge in [-0.15, -0.1) is 0 Å². The van der Waals surface area contributed by atoms with Crippen LogP contribution in [-0.4, -0.2) is 31.7 Å². The Bertz CT molecular complexity index is 979. The molecule has 1 amide bonds. The zero-order valence-electron chi connectivity index (χ0n) is 15.5. The first kappa shape index (κ1) is 21.1. The Morgan fingerprint density at radius 1 is 1.18 bits per heavy atom. The number of benzene rings is 2. The molecule has 1 atom stereocenters. The van der Waals surface area contributed by atoms with Gasteiger partial charge in [-0.3, -0.25) is 4.79 Å². The molecule has 1 aliphatic heterocycles. The van der Waals surface area contributed by atoms with Crippen LogP contribution in [-0.2, 0) is 21.4 Å². The van der Waals surface area contributed by atoms with E-state index in [4.69, 9.17) is 23.2 Å². The Hall–Kier alpha value is -1.60. The lowest BCUT2D eigenvalue weighted by molar-refractivity contribution is -0.126. The maximum Gasteiger partial charge on any atom is 0.243 e. The lowest BCUT2D eigenvalue weighted by Crippen LogP contribution is -2.45. The van der Waals surface area contributed by atoms with Crippen LogP contribution in [0.5, 0.6) is 0 Å². The molecule has 0 aromatic heterocycles.